The molecule has 8 heteroatoms. The van der Waals surface area contributed by atoms with Crippen molar-refractivity contribution < 1.29 is 4.74 Å². The van der Waals surface area contributed by atoms with E-state index in [1.54, 1.807) is 18.4 Å². The average Bonchev–Trinajstić information content (AvgIpc) is 3.44. The summed E-state index contributed by atoms with van der Waals surface area (Å²) < 4.78 is 8.58. The zero-order chi connectivity index (χ0) is 22.8. The highest BCUT2D eigenvalue weighted by atomic mass is 79.9. The third-order valence-electron chi connectivity index (χ3n) is 5.02. The molecule has 0 aliphatic carbocycles. The summed E-state index contributed by atoms with van der Waals surface area (Å²) in [6.45, 7) is 0. The molecule has 2 aromatic heterocycles. The molecule has 3 aromatic carbocycles. The minimum atomic E-state index is 0.679. The van der Waals surface area contributed by atoms with E-state index in [0.717, 1.165) is 46.9 Å². The summed E-state index contributed by atoms with van der Waals surface area (Å²) in [4.78, 5) is 6.67. The SMILES string of the molecule is COc1ccc2ccccc2c1/C=N\n1c(-c2ccc(Br)s2)csc1=Nc1ccc(Cl)cc1. The number of benzene rings is 3. The van der Waals surface area contributed by atoms with Crippen LogP contribution in [-0.2, 0) is 0 Å². The zero-order valence-electron chi connectivity index (χ0n) is 17.4. The first kappa shape index (κ1) is 22.1. The molecule has 0 saturated heterocycles. The number of fused-ring (bicyclic) bond motifs is 1. The van der Waals surface area contributed by atoms with Crippen LogP contribution in [0, 0.1) is 0 Å². The molecule has 164 valence electrons. The fraction of sp³-hybridized carbons (Fsp3) is 0.0400. The van der Waals surface area contributed by atoms with E-state index in [1.807, 2.05) is 59.4 Å². The first-order valence-corrected chi connectivity index (χ1v) is 12.9. The van der Waals surface area contributed by atoms with Crippen LogP contribution in [0.4, 0.5) is 5.69 Å². The number of thiazole rings is 1. The molecule has 0 aliphatic rings. The van der Waals surface area contributed by atoms with Gasteiger partial charge < -0.3 is 4.74 Å². The Morgan fingerprint density at radius 3 is 2.58 bits per heavy atom. The Morgan fingerprint density at radius 2 is 1.82 bits per heavy atom. The number of ether oxygens (including phenoxy) is 1. The summed E-state index contributed by atoms with van der Waals surface area (Å²) in [5.74, 6) is 0.768. The van der Waals surface area contributed by atoms with Gasteiger partial charge in [-0.05, 0) is 69.2 Å². The number of rotatable bonds is 5. The molecule has 0 bridgehead atoms. The summed E-state index contributed by atoms with van der Waals surface area (Å²) in [6, 6.07) is 23.8. The molecule has 0 unspecified atom stereocenters. The molecule has 0 fully saturated rings. The van der Waals surface area contributed by atoms with E-state index in [0.29, 0.717) is 5.02 Å². The van der Waals surface area contributed by atoms with Gasteiger partial charge in [0, 0.05) is 16.0 Å². The Morgan fingerprint density at radius 1 is 1.00 bits per heavy atom. The predicted octanol–water partition coefficient (Wildman–Crippen LogP) is 7.97. The number of aromatic nitrogens is 1. The molecule has 0 saturated carbocycles. The molecule has 5 rings (SSSR count). The molecule has 4 nitrogen and oxygen atoms in total. The van der Waals surface area contributed by atoms with Gasteiger partial charge in [0.2, 0.25) is 4.80 Å². The lowest BCUT2D eigenvalue weighted by Gasteiger charge is -2.09. The number of hydrogen-bond donors (Lipinski definition) is 0. The third kappa shape index (κ3) is 4.68. The van der Waals surface area contributed by atoms with Crippen LogP contribution in [0.15, 0.2) is 92.1 Å². The Hall–Kier alpha value is -2.71. The molecule has 0 atom stereocenters. The average molecular weight is 555 g/mol. The van der Waals surface area contributed by atoms with Gasteiger partial charge >= 0.3 is 0 Å². The molecule has 2 heterocycles. The van der Waals surface area contributed by atoms with Crippen molar-refractivity contribution in [3.8, 4) is 16.3 Å². The molecular formula is C25H17BrClN3OS2. The molecule has 0 N–H and O–H groups in total. The lowest BCUT2D eigenvalue weighted by molar-refractivity contribution is 0.415. The van der Waals surface area contributed by atoms with Crippen molar-refractivity contribution in [2.24, 2.45) is 10.1 Å². The third-order valence-corrected chi connectivity index (χ3v) is 7.73. The number of methoxy groups -OCH3 is 1. The van der Waals surface area contributed by atoms with Crippen LogP contribution in [0.2, 0.25) is 5.02 Å². The first-order chi connectivity index (χ1) is 16.1. The number of thiophene rings is 1. The second kappa shape index (κ2) is 9.65. The number of halogens is 2. The Bertz CT molecular complexity index is 1530. The van der Waals surface area contributed by atoms with Crippen LogP contribution in [0.3, 0.4) is 0 Å². The monoisotopic (exact) mass is 553 g/mol. The number of hydrogen-bond acceptors (Lipinski definition) is 5. The first-order valence-electron chi connectivity index (χ1n) is 9.99. The van der Waals surface area contributed by atoms with Crippen LogP contribution in [0.5, 0.6) is 5.75 Å². The van der Waals surface area contributed by atoms with E-state index in [-0.39, 0.29) is 0 Å². The highest BCUT2D eigenvalue weighted by Crippen LogP contribution is 2.32. The van der Waals surface area contributed by atoms with Crippen molar-refractivity contribution >= 4 is 72.9 Å². The highest BCUT2D eigenvalue weighted by Gasteiger charge is 2.11. The van der Waals surface area contributed by atoms with Gasteiger partial charge in [-0.25, -0.2) is 9.67 Å². The minimum Gasteiger partial charge on any atom is -0.496 e. The quantitative estimate of drug-likeness (QED) is 0.203. The van der Waals surface area contributed by atoms with Crippen LogP contribution in [0.1, 0.15) is 5.56 Å². The lowest BCUT2D eigenvalue weighted by Crippen LogP contribution is -2.11. The molecule has 0 amide bonds. The smallest absolute Gasteiger partial charge is 0.211 e. The van der Waals surface area contributed by atoms with Crippen LogP contribution in [0.25, 0.3) is 21.3 Å². The topological polar surface area (TPSA) is 38.9 Å². The van der Waals surface area contributed by atoms with Crippen LogP contribution in [-0.4, -0.2) is 18.0 Å². The summed E-state index contributed by atoms with van der Waals surface area (Å²) >= 11 is 12.8. The van der Waals surface area contributed by atoms with Gasteiger partial charge in [0.1, 0.15) is 5.75 Å². The Balaban J connectivity index is 1.69. The highest BCUT2D eigenvalue weighted by molar-refractivity contribution is 9.11. The fourth-order valence-electron chi connectivity index (χ4n) is 3.44. The van der Waals surface area contributed by atoms with Gasteiger partial charge in [-0.3, -0.25) is 0 Å². The molecule has 33 heavy (non-hydrogen) atoms. The zero-order valence-corrected chi connectivity index (χ0v) is 21.4. The van der Waals surface area contributed by atoms with E-state index in [2.05, 4.69) is 45.6 Å². The summed E-state index contributed by atoms with van der Waals surface area (Å²) in [5.41, 5.74) is 2.70. The van der Waals surface area contributed by atoms with Gasteiger partial charge in [0.15, 0.2) is 0 Å². The second-order valence-corrected chi connectivity index (χ2v) is 10.8. The van der Waals surface area contributed by atoms with Crippen molar-refractivity contribution in [2.75, 3.05) is 7.11 Å². The van der Waals surface area contributed by atoms with Gasteiger partial charge in [-0.15, -0.1) is 22.7 Å². The minimum absolute atomic E-state index is 0.679. The van der Waals surface area contributed by atoms with Crippen molar-refractivity contribution in [3.63, 3.8) is 0 Å². The van der Waals surface area contributed by atoms with Crippen molar-refractivity contribution in [1.82, 2.24) is 4.68 Å². The Kier molecular flexibility index (Phi) is 6.46. The normalized spacial score (nSPS) is 12.2. The van der Waals surface area contributed by atoms with E-state index in [4.69, 9.17) is 26.4 Å². The standard InChI is InChI=1S/C25H17BrClN3OS2/c1-31-22-11-6-16-4-2-3-5-19(16)20(22)14-28-30-21(23-12-13-24(26)33-23)15-32-25(30)29-18-9-7-17(27)8-10-18/h2-15H,1H3/b28-14-,29-25?. The van der Waals surface area contributed by atoms with Gasteiger partial charge in [-0.2, -0.15) is 5.10 Å². The maximum atomic E-state index is 6.04. The molecule has 5 aromatic rings. The fourth-order valence-corrected chi connectivity index (χ4v) is 5.87. The molecule has 0 spiro atoms. The number of nitrogens with zero attached hydrogens (tertiary/aromatic N) is 3. The van der Waals surface area contributed by atoms with Crippen molar-refractivity contribution in [3.05, 3.63) is 97.4 Å². The van der Waals surface area contributed by atoms with Crippen molar-refractivity contribution in [2.45, 2.75) is 0 Å². The Labute approximate surface area is 212 Å². The van der Waals surface area contributed by atoms with E-state index in [1.165, 1.54) is 11.3 Å². The molecule has 0 aliphatic heterocycles. The van der Waals surface area contributed by atoms with E-state index >= 15 is 0 Å². The largest absolute Gasteiger partial charge is 0.496 e. The van der Waals surface area contributed by atoms with E-state index in [9.17, 15) is 0 Å². The van der Waals surface area contributed by atoms with Gasteiger partial charge in [-0.1, -0.05) is 41.9 Å². The lowest BCUT2D eigenvalue weighted by atomic mass is 10.0. The van der Waals surface area contributed by atoms with Crippen molar-refractivity contribution in [1.29, 1.82) is 0 Å². The predicted molar refractivity (Wildman–Crippen MR) is 143 cm³/mol. The maximum Gasteiger partial charge on any atom is 0.211 e. The molecule has 0 radical (unpaired) electrons. The second-order valence-electron chi connectivity index (χ2n) is 7.05. The van der Waals surface area contributed by atoms with Crippen LogP contribution < -0.4 is 9.54 Å². The summed E-state index contributed by atoms with van der Waals surface area (Å²) in [6.07, 6.45) is 1.85. The van der Waals surface area contributed by atoms with Gasteiger partial charge in [0.25, 0.3) is 0 Å². The maximum absolute atomic E-state index is 6.04. The summed E-state index contributed by atoms with van der Waals surface area (Å²) in [5, 5.41) is 9.85. The van der Waals surface area contributed by atoms with Gasteiger partial charge in [0.05, 0.1) is 33.4 Å². The summed E-state index contributed by atoms with van der Waals surface area (Å²) in [7, 11) is 1.68. The molecular weight excluding hydrogens is 538 g/mol. The van der Waals surface area contributed by atoms with E-state index < -0.39 is 0 Å². The van der Waals surface area contributed by atoms with Crippen LogP contribution >= 0.6 is 50.2 Å².